The van der Waals surface area contributed by atoms with Crippen LogP contribution in [0.5, 0.6) is 0 Å². The zero-order valence-corrected chi connectivity index (χ0v) is 12.2. The molecule has 0 aromatic carbocycles. The Hall–Kier alpha value is -0.880. The zero-order chi connectivity index (χ0) is 13.4. The van der Waals surface area contributed by atoms with Gasteiger partial charge in [-0.3, -0.25) is 4.21 Å². The van der Waals surface area contributed by atoms with Crippen LogP contribution in [0.25, 0.3) is 0 Å². The van der Waals surface area contributed by atoms with Gasteiger partial charge in [-0.1, -0.05) is 6.92 Å². The molecule has 2 atom stereocenters. The first kappa shape index (κ1) is 15.2. The smallest absolute Gasteiger partial charge is 0.202 e. The third kappa shape index (κ3) is 5.18. The molecule has 1 aromatic heterocycles. The topological polar surface area (TPSA) is 56.1 Å². The predicted octanol–water partition coefficient (Wildman–Crippen LogP) is 1.49. The number of imidazole rings is 1. The number of rotatable bonds is 9. The normalized spacial score (nSPS) is 14.4. The molecule has 0 aliphatic rings. The number of ether oxygens (including phenoxy) is 1. The van der Waals surface area contributed by atoms with Crippen LogP contribution in [0.4, 0.5) is 5.95 Å². The first-order valence-electron chi connectivity index (χ1n) is 6.21. The van der Waals surface area contributed by atoms with E-state index in [1.54, 1.807) is 19.6 Å². The fourth-order valence-electron chi connectivity index (χ4n) is 1.59. The lowest BCUT2D eigenvalue weighted by molar-refractivity contribution is 0.190. The van der Waals surface area contributed by atoms with Gasteiger partial charge in [0, 0.05) is 61.5 Å². The van der Waals surface area contributed by atoms with Gasteiger partial charge in [-0.15, -0.1) is 0 Å². The van der Waals surface area contributed by atoms with Crippen molar-refractivity contribution >= 4 is 16.7 Å². The van der Waals surface area contributed by atoms with Gasteiger partial charge in [0.05, 0.1) is 0 Å². The molecule has 0 aliphatic carbocycles. The summed E-state index contributed by atoms with van der Waals surface area (Å²) in [7, 11) is 0.954. The van der Waals surface area contributed by atoms with Gasteiger partial charge in [0.1, 0.15) is 0 Å². The van der Waals surface area contributed by atoms with Gasteiger partial charge < -0.3 is 14.6 Å². The number of aryl methyl sites for hydroxylation is 1. The van der Waals surface area contributed by atoms with E-state index in [-0.39, 0.29) is 5.25 Å². The number of aromatic nitrogens is 2. The quantitative estimate of drug-likeness (QED) is 0.693. The Morgan fingerprint density at radius 1 is 1.61 bits per heavy atom. The van der Waals surface area contributed by atoms with E-state index < -0.39 is 10.8 Å². The monoisotopic (exact) mass is 273 g/mol. The summed E-state index contributed by atoms with van der Waals surface area (Å²) >= 11 is 0. The lowest BCUT2D eigenvalue weighted by atomic mass is 10.3. The van der Waals surface area contributed by atoms with Gasteiger partial charge in [-0.2, -0.15) is 0 Å². The maximum Gasteiger partial charge on any atom is 0.202 e. The van der Waals surface area contributed by atoms with Crippen molar-refractivity contribution in [3.05, 3.63) is 12.4 Å². The Bertz CT molecular complexity index is 368. The third-order valence-corrected chi connectivity index (χ3v) is 4.23. The third-order valence-electron chi connectivity index (χ3n) is 2.86. The molecule has 0 amide bonds. The Morgan fingerprint density at radius 2 is 2.39 bits per heavy atom. The molecule has 0 bridgehead atoms. The number of nitrogens with one attached hydrogen (secondary N) is 1. The zero-order valence-electron chi connectivity index (χ0n) is 11.4. The van der Waals surface area contributed by atoms with Crippen LogP contribution in [0, 0.1) is 0 Å². The molecule has 0 aliphatic heterocycles. The van der Waals surface area contributed by atoms with Crippen LogP contribution in [0.1, 0.15) is 19.8 Å². The van der Waals surface area contributed by atoms with Crippen LogP contribution in [-0.4, -0.2) is 45.5 Å². The van der Waals surface area contributed by atoms with Crippen molar-refractivity contribution < 1.29 is 8.95 Å². The highest BCUT2D eigenvalue weighted by atomic mass is 32.2. The molecule has 104 valence electrons. The summed E-state index contributed by atoms with van der Waals surface area (Å²) in [5.41, 5.74) is 0. The second-order valence-electron chi connectivity index (χ2n) is 4.32. The Kier molecular flexibility index (Phi) is 6.97. The van der Waals surface area contributed by atoms with Gasteiger partial charge in [0.25, 0.3) is 0 Å². The molecule has 0 saturated carbocycles. The van der Waals surface area contributed by atoms with E-state index in [1.165, 1.54) is 0 Å². The minimum atomic E-state index is -0.754. The standard InChI is InChI=1S/C12H23N3O2S/c1-11(18(3)16)5-6-13-12-14-7-9-15(12)8-4-10-17-2/h7,9,11H,4-6,8,10H2,1-3H3,(H,13,14). The number of nitrogens with zero attached hydrogens (tertiary/aromatic N) is 2. The van der Waals surface area contributed by atoms with Crippen molar-refractivity contribution in [3.8, 4) is 0 Å². The van der Waals surface area contributed by atoms with Crippen molar-refractivity contribution in [1.82, 2.24) is 9.55 Å². The summed E-state index contributed by atoms with van der Waals surface area (Å²) in [5, 5.41) is 3.50. The molecule has 18 heavy (non-hydrogen) atoms. The van der Waals surface area contributed by atoms with Crippen molar-refractivity contribution in [2.75, 3.05) is 31.8 Å². The Balaban J connectivity index is 2.33. The first-order valence-corrected chi connectivity index (χ1v) is 7.83. The summed E-state index contributed by atoms with van der Waals surface area (Å²) in [5.74, 6) is 0.875. The van der Waals surface area contributed by atoms with Crippen molar-refractivity contribution in [2.45, 2.75) is 31.6 Å². The molecule has 1 heterocycles. The second-order valence-corrected chi connectivity index (χ2v) is 6.12. The van der Waals surface area contributed by atoms with E-state index in [0.717, 1.165) is 38.5 Å². The fourth-order valence-corrected chi connectivity index (χ4v) is 2.04. The van der Waals surface area contributed by atoms with Gasteiger partial charge in [-0.05, 0) is 12.8 Å². The molecule has 2 unspecified atom stereocenters. The number of anilines is 1. The maximum atomic E-state index is 11.2. The fraction of sp³-hybridized carbons (Fsp3) is 0.750. The van der Waals surface area contributed by atoms with Gasteiger partial charge in [-0.25, -0.2) is 4.98 Å². The lowest BCUT2D eigenvalue weighted by Crippen LogP contribution is -2.16. The van der Waals surface area contributed by atoms with E-state index in [4.69, 9.17) is 4.74 Å². The number of methoxy groups -OCH3 is 1. The summed E-state index contributed by atoms with van der Waals surface area (Å²) in [4.78, 5) is 4.27. The van der Waals surface area contributed by atoms with Crippen LogP contribution >= 0.6 is 0 Å². The van der Waals surface area contributed by atoms with Gasteiger partial charge in [0.15, 0.2) is 0 Å². The molecule has 0 fully saturated rings. The molecular weight excluding hydrogens is 250 g/mol. The average molecular weight is 273 g/mol. The number of hydrogen-bond donors (Lipinski definition) is 1. The summed E-state index contributed by atoms with van der Waals surface area (Å²) in [6.45, 7) is 4.44. The molecule has 1 rings (SSSR count). The molecule has 0 spiro atoms. The van der Waals surface area contributed by atoms with Crippen LogP contribution in [0.2, 0.25) is 0 Å². The Labute approximate surface area is 111 Å². The van der Waals surface area contributed by atoms with Crippen LogP contribution in [0.3, 0.4) is 0 Å². The Morgan fingerprint density at radius 3 is 3.06 bits per heavy atom. The number of hydrogen-bond acceptors (Lipinski definition) is 4. The lowest BCUT2D eigenvalue weighted by Gasteiger charge is -2.11. The SMILES string of the molecule is COCCCn1ccnc1NCCC(C)S(C)=O. The highest BCUT2D eigenvalue weighted by Gasteiger charge is 2.07. The van der Waals surface area contributed by atoms with Gasteiger partial charge in [0.2, 0.25) is 5.95 Å². The first-order chi connectivity index (χ1) is 8.65. The van der Waals surface area contributed by atoms with E-state index in [0.29, 0.717) is 0 Å². The highest BCUT2D eigenvalue weighted by Crippen LogP contribution is 2.07. The summed E-state index contributed by atoms with van der Waals surface area (Å²) in [6, 6.07) is 0. The van der Waals surface area contributed by atoms with Crippen molar-refractivity contribution in [2.24, 2.45) is 0 Å². The van der Waals surface area contributed by atoms with Gasteiger partial charge >= 0.3 is 0 Å². The molecule has 1 N–H and O–H groups in total. The van der Waals surface area contributed by atoms with Crippen molar-refractivity contribution in [1.29, 1.82) is 0 Å². The highest BCUT2D eigenvalue weighted by molar-refractivity contribution is 7.84. The second kappa shape index (κ2) is 8.26. The van der Waals surface area contributed by atoms with E-state index in [2.05, 4.69) is 14.9 Å². The minimum absolute atomic E-state index is 0.217. The predicted molar refractivity (Wildman–Crippen MR) is 75.4 cm³/mol. The summed E-state index contributed by atoms with van der Waals surface area (Å²) < 4.78 is 18.3. The molecule has 1 aromatic rings. The molecular formula is C12H23N3O2S. The van der Waals surface area contributed by atoms with Crippen LogP contribution in [0.15, 0.2) is 12.4 Å². The van der Waals surface area contributed by atoms with E-state index in [9.17, 15) is 4.21 Å². The maximum absolute atomic E-state index is 11.2. The van der Waals surface area contributed by atoms with Crippen LogP contribution in [-0.2, 0) is 22.1 Å². The average Bonchev–Trinajstić information content (AvgIpc) is 2.77. The summed E-state index contributed by atoms with van der Waals surface area (Å²) in [6.07, 6.45) is 7.34. The van der Waals surface area contributed by atoms with Crippen LogP contribution < -0.4 is 5.32 Å². The molecule has 5 nitrogen and oxygen atoms in total. The van der Waals surface area contributed by atoms with E-state index >= 15 is 0 Å². The molecule has 0 radical (unpaired) electrons. The molecule has 6 heteroatoms. The largest absolute Gasteiger partial charge is 0.385 e. The minimum Gasteiger partial charge on any atom is -0.385 e. The van der Waals surface area contributed by atoms with E-state index in [1.807, 2.05) is 13.1 Å². The molecule has 0 saturated heterocycles. The van der Waals surface area contributed by atoms with Crippen molar-refractivity contribution in [3.63, 3.8) is 0 Å².